The minimum Gasteiger partial charge on any atom is -0.390 e. The zero-order chi connectivity index (χ0) is 21.8. The summed E-state index contributed by atoms with van der Waals surface area (Å²) in [6.45, 7) is 2.16. The van der Waals surface area contributed by atoms with Gasteiger partial charge in [0.2, 0.25) is 5.88 Å². The second-order valence-electron chi connectivity index (χ2n) is 7.68. The third-order valence-electron chi connectivity index (χ3n) is 5.39. The van der Waals surface area contributed by atoms with Gasteiger partial charge in [-0.05, 0) is 36.6 Å². The van der Waals surface area contributed by atoms with E-state index < -0.39 is 23.6 Å². The number of benzene rings is 1. The van der Waals surface area contributed by atoms with Crippen molar-refractivity contribution in [3.05, 3.63) is 47.5 Å². The van der Waals surface area contributed by atoms with E-state index in [0.717, 1.165) is 30.5 Å². The molecule has 1 saturated heterocycles. The molecule has 1 saturated carbocycles. The Morgan fingerprint density at radius 2 is 1.84 bits per heavy atom. The molecule has 31 heavy (non-hydrogen) atoms. The smallest absolute Gasteiger partial charge is 0.390 e. The number of hydrogen-bond donors (Lipinski definition) is 1. The van der Waals surface area contributed by atoms with Crippen molar-refractivity contribution < 1.29 is 23.1 Å². The summed E-state index contributed by atoms with van der Waals surface area (Å²) in [6, 6.07) is 6.08. The molecular formula is C21H23F2N5O3. The van der Waals surface area contributed by atoms with Gasteiger partial charge in [-0.25, -0.2) is 13.6 Å². The number of amides is 2. The van der Waals surface area contributed by atoms with E-state index in [9.17, 15) is 18.4 Å². The molecule has 0 atom stereocenters. The van der Waals surface area contributed by atoms with Gasteiger partial charge < -0.3 is 19.9 Å². The lowest BCUT2D eigenvalue weighted by Crippen LogP contribution is -2.49. The minimum atomic E-state index is -0.744. The Balaban J connectivity index is 1.27. The van der Waals surface area contributed by atoms with E-state index in [-0.39, 0.29) is 11.4 Å². The second kappa shape index (κ2) is 9.23. The van der Waals surface area contributed by atoms with Crippen LogP contribution in [0.2, 0.25) is 0 Å². The first-order chi connectivity index (χ1) is 15.0. The summed E-state index contributed by atoms with van der Waals surface area (Å²) in [6.07, 6.45) is 2.86. The number of carbonyl (C=O) groups is 2. The third kappa shape index (κ3) is 5.44. The molecule has 1 aliphatic carbocycles. The predicted octanol–water partition coefficient (Wildman–Crippen LogP) is 2.61. The van der Waals surface area contributed by atoms with Crippen LogP contribution in [-0.4, -0.2) is 59.8 Å². The molecule has 4 rings (SSSR count). The van der Waals surface area contributed by atoms with Crippen LogP contribution in [-0.2, 0) is 0 Å². The average molecular weight is 431 g/mol. The molecule has 2 fully saturated rings. The van der Waals surface area contributed by atoms with Gasteiger partial charge in [0.15, 0.2) is 5.82 Å². The molecule has 0 radical (unpaired) electrons. The highest BCUT2D eigenvalue weighted by molar-refractivity contribution is 5.94. The quantitative estimate of drug-likeness (QED) is 0.757. The van der Waals surface area contributed by atoms with E-state index in [1.54, 1.807) is 12.1 Å². The monoisotopic (exact) mass is 431 g/mol. The Kier molecular flexibility index (Phi) is 6.24. The molecule has 1 aromatic heterocycles. The first-order valence-corrected chi connectivity index (χ1v) is 10.3. The number of piperazine rings is 1. The second-order valence-corrected chi connectivity index (χ2v) is 7.68. The maximum absolute atomic E-state index is 13.9. The van der Waals surface area contributed by atoms with Gasteiger partial charge in [0.1, 0.15) is 11.6 Å². The van der Waals surface area contributed by atoms with E-state index in [1.165, 1.54) is 17.7 Å². The first-order valence-electron chi connectivity index (χ1n) is 10.3. The number of anilines is 1. The molecule has 164 valence electrons. The maximum atomic E-state index is 13.9. The molecule has 1 N–H and O–H groups in total. The van der Waals surface area contributed by atoms with Gasteiger partial charge in [-0.1, -0.05) is 12.8 Å². The molecule has 0 spiro atoms. The molecule has 8 nitrogen and oxygen atoms in total. The van der Waals surface area contributed by atoms with Crippen LogP contribution in [0, 0.1) is 17.6 Å². The lowest BCUT2D eigenvalue weighted by Gasteiger charge is -2.35. The first kappa shape index (κ1) is 21.0. The number of aromatic nitrogens is 2. The van der Waals surface area contributed by atoms with Crippen LogP contribution in [0.4, 0.5) is 19.4 Å². The van der Waals surface area contributed by atoms with Crippen molar-refractivity contribution in [3.8, 4) is 5.88 Å². The van der Waals surface area contributed by atoms with Crippen molar-refractivity contribution in [2.45, 2.75) is 19.3 Å². The fourth-order valence-electron chi connectivity index (χ4n) is 3.42. The van der Waals surface area contributed by atoms with Gasteiger partial charge in [-0.15, -0.1) is 10.2 Å². The lowest BCUT2D eigenvalue weighted by molar-refractivity contribution is 0.0741. The summed E-state index contributed by atoms with van der Waals surface area (Å²) in [5.74, 6) is -0.541. The highest BCUT2D eigenvalue weighted by Gasteiger charge is 2.25. The Hall–Kier alpha value is -3.30. The zero-order valence-electron chi connectivity index (χ0n) is 16.9. The topological polar surface area (TPSA) is 87.7 Å². The summed E-state index contributed by atoms with van der Waals surface area (Å²) in [4.78, 5) is 27.7. The average Bonchev–Trinajstić information content (AvgIpc) is 3.60. The van der Waals surface area contributed by atoms with Crippen molar-refractivity contribution in [2.24, 2.45) is 5.92 Å². The summed E-state index contributed by atoms with van der Waals surface area (Å²) in [5.41, 5.74) is -0.273. The summed E-state index contributed by atoms with van der Waals surface area (Å²) in [5, 5.41) is 10.7. The van der Waals surface area contributed by atoms with Gasteiger partial charge in [-0.2, -0.15) is 0 Å². The molecule has 0 unspecified atom stereocenters. The fraction of sp³-hybridized carbons (Fsp3) is 0.429. The van der Waals surface area contributed by atoms with Crippen molar-refractivity contribution in [1.82, 2.24) is 20.4 Å². The standard InChI is InChI=1S/C21H23F2N5O3/c22-15-3-4-17(23)16(13-15)20(29)28-11-9-27(10-12-28)18-5-6-19(26-25-18)31-21(30)24-8-7-14-1-2-14/h3-6,13-14H,1-2,7-12H2,(H,24,30). The molecule has 2 heterocycles. The number of nitrogens with one attached hydrogen (secondary N) is 1. The number of carbonyl (C=O) groups excluding carboxylic acids is 2. The van der Waals surface area contributed by atoms with Gasteiger partial charge in [0.25, 0.3) is 5.91 Å². The lowest BCUT2D eigenvalue weighted by atomic mass is 10.1. The largest absolute Gasteiger partial charge is 0.413 e. The van der Waals surface area contributed by atoms with E-state index in [1.807, 2.05) is 4.90 Å². The third-order valence-corrected chi connectivity index (χ3v) is 5.39. The normalized spacial score (nSPS) is 16.2. The van der Waals surface area contributed by atoms with E-state index in [4.69, 9.17) is 4.74 Å². The molecule has 0 bridgehead atoms. The Morgan fingerprint density at radius 1 is 1.06 bits per heavy atom. The van der Waals surface area contributed by atoms with Crippen LogP contribution >= 0.6 is 0 Å². The molecule has 2 amide bonds. The Labute approximate surface area is 178 Å². The van der Waals surface area contributed by atoms with Crippen LogP contribution in [0.5, 0.6) is 5.88 Å². The summed E-state index contributed by atoms with van der Waals surface area (Å²) < 4.78 is 32.4. The molecule has 1 aromatic carbocycles. The molecule has 1 aliphatic heterocycles. The number of halogens is 2. The summed E-state index contributed by atoms with van der Waals surface area (Å²) in [7, 11) is 0. The van der Waals surface area contributed by atoms with Crippen LogP contribution in [0.1, 0.15) is 29.6 Å². The number of rotatable bonds is 6. The van der Waals surface area contributed by atoms with Gasteiger partial charge in [0.05, 0.1) is 5.56 Å². The van der Waals surface area contributed by atoms with Gasteiger partial charge >= 0.3 is 6.09 Å². The molecule has 2 aromatic rings. The molecule has 10 heteroatoms. The SMILES string of the molecule is O=C(NCCC1CC1)Oc1ccc(N2CCN(C(=O)c3cc(F)ccc3F)CC2)nn1. The minimum absolute atomic E-state index is 0.100. The number of nitrogens with zero attached hydrogens (tertiary/aromatic N) is 4. The van der Waals surface area contributed by atoms with Gasteiger partial charge in [0, 0.05) is 38.8 Å². The van der Waals surface area contributed by atoms with Crippen molar-refractivity contribution in [1.29, 1.82) is 0 Å². The van der Waals surface area contributed by atoms with E-state index in [0.29, 0.717) is 38.5 Å². The summed E-state index contributed by atoms with van der Waals surface area (Å²) >= 11 is 0. The van der Waals surface area contributed by atoms with Crippen LogP contribution < -0.4 is 15.0 Å². The van der Waals surface area contributed by atoms with Crippen LogP contribution in [0.3, 0.4) is 0 Å². The number of hydrogen-bond acceptors (Lipinski definition) is 6. The van der Waals surface area contributed by atoms with Gasteiger partial charge in [-0.3, -0.25) is 4.79 Å². The Bertz CT molecular complexity index is 945. The highest BCUT2D eigenvalue weighted by atomic mass is 19.1. The molecular weight excluding hydrogens is 408 g/mol. The zero-order valence-corrected chi connectivity index (χ0v) is 16.9. The van der Waals surface area contributed by atoms with E-state index in [2.05, 4.69) is 15.5 Å². The van der Waals surface area contributed by atoms with E-state index >= 15 is 0 Å². The van der Waals surface area contributed by atoms with Crippen molar-refractivity contribution in [3.63, 3.8) is 0 Å². The Morgan fingerprint density at radius 3 is 2.52 bits per heavy atom. The number of ether oxygens (including phenoxy) is 1. The maximum Gasteiger partial charge on any atom is 0.413 e. The van der Waals surface area contributed by atoms with Crippen molar-refractivity contribution >= 4 is 17.8 Å². The van der Waals surface area contributed by atoms with Crippen LogP contribution in [0.25, 0.3) is 0 Å². The highest BCUT2D eigenvalue weighted by Crippen LogP contribution is 2.31. The molecule has 2 aliphatic rings. The predicted molar refractivity (Wildman–Crippen MR) is 108 cm³/mol. The van der Waals surface area contributed by atoms with Crippen molar-refractivity contribution in [2.75, 3.05) is 37.6 Å². The van der Waals surface area contributed by atoms with Crippen LogP contribution in [0.15, 0.2) is 30.3 Å². The fourth-order valence-corrected chi connectivity index (χ4v) is 3.42.